The predicted octanol–water partition coefficient (Wildman–Crippen LogP) is 1.16. The van der Waals surface area contributed by atoms with Crippen molar-refractivity contribution >= 4 is 5.97 Å². The Balaban J connectivity index is 2.20. The second-order valence-corrected chi connectivity index (χ2v) is 5.16. The number of likely N-dealkylation sites (tertiary alicyclic amines) is 1. The molecule has 0 spiro atoms. The van der Waals surface area contributed by atoms with Gasteiger partial charge in [0, 0.05) is 6.54 Å². The molecule has 1 saturated heterocycles. The fourth-order valence-electron chi connectivity index (χ4n) is 2.29. The maximum atomic E-state index is 10.6. The predicted molar refractivity (Wildman–Crippen MR) is 64.2 cm³/mol. The van der Waals surface area contributed by atoms with Crippen LogP contribution in [0.3, 0.4) is 0 Å². The molecule has 1 heterocycles. The lowest BCUT2D eigenvalue weighted by Crippen LogP contribution is -2.39. The highest BCUT2D eigenvalue weighted by atomic mass is 16.4. The molecule has 1 fully saturated rings. The Hall–Kier alpha value is -0.610. The van der Waals surface area contributed by atoms with Gasteiger partial charge in [0.05, 0.1) is 0 Å². The Labute approximate surface area is 97.8 Å². The zero-order chi connectivity index (χ0) is 12.1. The normalized spacial score (nSPS) is 21.2. The Kier molecular flexibility index (Phi) is 5.22. The first kappa shape index (κ1) is 13.5. The largest absolute Gasteiger partial charge is 0.480 e. The second-order valence-electron chi connectivity index (χ2n) is 5.16. The number of aliphatic carboxylic acids is 1. The molecular formula is C12H24N2O2. The SMILES string of the molecule is CC(C)C1CCN(CCC(N)C(=O)O)CC1. The van der Waals surface area contributed by atoms with Crippen molar-refractivity contribution in [2.45, 2.75) is 39.2 Å². The molecule has 0 aromatic carbocycles. The molecule has 0 aromatic heterocycles. The highest BCUT2D eigenvalue weighted by molar-refractivity contribution is 5.72. The van der Waals surface area contributed by atoms with Gasteiger partial charge in [0.2, 0.25) is 0 Å². The summed E-state index contributed by atoms with van der Waals surface area (Å²) in [6.45, 7) is 7.56. The van der Waals surface area contributed by atoms with Crippen molar-refractivity contribution in [3.8, 4) is 0 Å². The highest BCUT2D eigenvalue weighted by Gasteiger charge is 2.22. The molecule has 4 nitrogen and oxygen atoms in total. The van der Waals surface area contributed by atoms with Gasteiger partial charge in [-0.3, -0.25) is 4.79 Å². The molecule has 1 unspecified atom stereocenters. The number of carboxylic acid groups (broad SMARTS) is 1. The third-order valence-electron chi connectivity index (χ3n) is 3.65. The summed E-state index contributed by atoms with van der Waals surface area (Å²) in [5, 5.41) is 8.68. The van der Waals surface area contributed by atoms with Gasteiger partial charge in [-0.25, -0.2) is 0 Å². The van der Waals surface area contributed by atoms with Crippen LogP contribution in [0.25, 0.3) is 0 Å². The van der Waals surface area contributed by atoms with E-state index < -0.39 is 12.0 Å². The lowest BCUT2D eigenvalue weighted by atomic mass is 9.86. The van der Waals surface area contributed by atoms with E-state index in [1.165, 1.54) is 12.8 Å². The molecule has 1 rings (SSSR count). The van der Waals surface area contributed by atoms with Crippen molar-refractivity contribution in [3.63, 3.8) is 0 Å². The Morgan fingerprint density at radius 3 is 2.44 bits per heavy atom. The molecule has 16 heavy (non-hydrogen) atoms. The van der Waals surface area contributed by atoms with Gasteiger partial charge in [0.1, 0.15) is 6.04 Å². The van der Waals surface area contributed by atoms with Crippen molar-refractivity contribution in [1.82, 2.24) is 4.90 Å². The molecule has 3 N–H and O–H groups in total. The molecule has 1 aliphatic rings. The van der Waals surface area contributed by atoms with E-state index in [9.17, 15) is 4.79 Å². The third kappa shape index (κ3) is 4.10. The number of carboxylic acids is 1. The molecule has 1 aliphatic heterocycles. The van der Waals surface area contributed by atoms with E-state index in [2.05, 4.69) is 18.7 Å². The summed E-state index contributed by atoms with van der Waals surface area (Å²) in [5.74, 6) is 0.713. The maximum Gasteiger partial charge on any atom is 0.320 e. The molecule has 4 heteroatoms. The van der Waals surface area contributed by atoms with E-state index in [4.69, 9.17) is 10.8 Å². The monoisotopic (exact) mass is 228 g/mol. The average Bonchev–Trinajstić information content (AvgIpc) is 2.26. The third-order valence-corrected chi connectivity index (χ3v) is 3.65. The minimum absolute atomic E-state index is 0.557. The molecule has 0 radical (unpaired) electrons. The van der Waals surface area contributed by atoms with Gasteiger partial charge in [-0.1, -0.05) is 13.8 Å². The van der Waals surface area contributed by atoms with Gasteiger partial charge in [-0.05, 0) is 44.2 Å². The highest BCUT2D eigenvalue weighted by Crippen LogP contribution is 2.24. The van der Waals surface area contributed by atoms with Crippen LogP contribution in [0.1, 0.15) is 33.1 Å². The second kappa shape index (κ2) is 6.21. The molecule has 94 valence electrons. The molecule has 0 bridgehead atoms. The minimum atomic E-state index is -0.892. The minimum Gasteiger partial charge on any atom is -0.480 e. The first-order valence-electron chi connectivity index (χ1n) is 6.21. The van der Waals surface area contributed by atoms with E-state index >= 15 is 0 Å². The standard InChI is InChI=1S/C12H24N2O2/c1-9(2)10-3-6-14(7-4-10)8-5-11(13)12(15)16/h9-11H,3-8,13H2,1-2H3,(H,15,16). The molecule has 0 aliphatic carbocycles. The number of nitrogens with zero attached hydrogens (tertiary/aromatic N) is 1. The van der Waals surface area contributed by atoms with Crippen LogP contribution in [0.4, 0.5) is 0 Å². The molecule has 0 saturated carbocycles. The summed E-state index contributed by atoms with van der Waals surface area (Å²) >= 11 is 0. The van der Waals surface area contributed by atoms with E-state index in [0.717, 1.165) is 31.5 Å². The van der Waals surface area contributed by atoms with Crippen LogP contribution in [0.15, 0.2) is 0 Å². The van der Waals surface area contributed by atoms with Crippen LogP contribution in [-0.4, -0.2) is 41.7 Å². The van der Waals surface area contributed by atoms with Crippen LogP contribution in [-0.2, 0) is 4.79 Å². The summed E-state index contributed by atoms with van der Waals surface area (Å²) in [7, 11) is 0. The van der Waals surface area contributed by atoms with Crippen LogP contribution in [0.2, 0.25) is 0 Å². The summed E-state index contributed by atoms with van der Waals surface area (Å²) in [4.78, 5) is 12.9. The smallest absolute Gasteiger partial charge is 0.320 e. The lowest BCUT2D eigenvalue weighted by Gasteiger charge is -2.34. The number of carbonyl (C=O) groups is 1. The van der Waals surface area contributed by atoms with Crippen LogP contribution < -0.4 is 5.73 Å². The number of hydrogen-bond donors (Lipinski definition) is 2. The van der Waals surface area contributed by atoms with E-state index in [0.29, 0.717) is 6.42 Å². The molecule has 0 aromatic rings. The van der Waals surface area contributed by atoms with Crippen LogP contribution in [0, 0.1) is 11.8 Å². The molecular weight excluding hydrogens is 204 g/mol. The number of piperidine rings is 1. The van der Waals surface area contributed by atoms with Crippen molar-refractivity contribution in [1.29, 1.82) is 0 Å². The fourth-order valence-corrected chi connectivity index (χ4v) is 2.29. The van der Waals surface area contributed by atoms with Gasteiger partial charge in [0.15, 0.2) is 0 Å². The summed E-state index contributed by atoms with van der Waals surface area (Å²) in [5.41, 5.74) is 5.48. The van der Waals surface area contributed by atoms with Gasteiger partial charge < -0.3 is 15.7 Å². The van der Waals surface area contributed by atoms with Gasteiger partial charge in [-0.15, -0.1) is 0 Å². The summed E-state index contributed by atoms with van der Waals surface area (Å²) in [6.07, 6.45) is 3.03. The zero-order valence-corrected chi connectivity index (χ0v) is 10.4. The van der Waals surface area contributed by atoms with Crippen molar-refractivity contribution in [2.75, 3.05) is 19.6 Å². The van der Waals surface area contributed by atoms with Crippen LogP contribution in [0.5, 0.6) is 0 Å². The van der Waals surface area contributed by atoms with E-state index in [-0.39, 0.29) is 0 Å². The van der Waals surface area contributed by atoms with E-state index in [1.807, 2.05) is 0 Å². The Bertz CT molecular complexity index is 223. The number of rotatable bonds is 5. The average molecular weight is 228 g/mol. The van der Waals surface area contributed by atoms with Crippen molar-refractivity contribution in [2.24, 2.45) is 17.6 Å². The lowest BCUT2D eigenvalue weighted by molar-refractivity contribution is -0.138. The summed E-state index contributed by atoms with van der Waals surface area (Å²) < 4.78 is 0. The van der Waals surface area contributed by atoms with Crippen LogP contribution >= 0.6 is 0 Å². The van der Waals surface area contributed by atoms with E-state index in [1.54, 1.807) is 0 Å². The number of nitrogens with two attached hydrogens (primary N) is 1. The van der Waals surface area contributed by atoms with Gasteiger partial charge in [0.25, 0.3) is 0 Å². The molecule has 1 atom stereocenters. The number of hydrogen-bond acceptors (Lipinski definition) is 3. The Morgan fingerprint density at radius 1 is 1.44 bits per heavy atom. The quantitative estimate of drug-likeness (QED) is 0.741. The summed E-state index contributed by atoms with van der Waals surface area (Å²) in [6, 6.07) is -0.706. The van der Waals surface area contributed by atoms with Gasteiger partial charge in [-0.2, -0.15) is 0 Å². The Morgan fingerprint density at radius 2 is 2.00 bits per heavy atom. The fraction of sp³-hybridized carbons (Fsp3) is 0.917. The topological polar surface area (TPSA) is 66.6 Å². The first-order valence-corrected chi connectivity index (χ1v) is 6.21. The molecule has 0 amide bonds. The zero-order valence-electron chi connectivity index (χ0n) is 10.4. The first-order chi connectivity index (χ1) is 7.50. The van der Waals surface area contributed by atoms with Crippen molar-refractivity contribution in [3.05, 3.63) is 0 Å². The van der Waals surface area contributed by atoms with Gasteiger partial charge >= 0.3 is 5.97 Å². The van der Waals surface area contributed by atoms with Crippen molar-refractivity contribution < 1.29 is 9.90 Å². The maximum absolute atomic E-state index is 10.6.